The van der Waals surface area contributed by atoms with Crippen LogP contribution in [-0.4, -0.2) is 39.2 Å². The van der Waals surface area contributed by atoms with E-state index in [9.17, 15) is 9.90 Å². The van der Waals surface area contributed by atoms with Gasteiger partial charge in [0.1, 0.15) is 5.69 Å². The number of amides is 1. The summed E-state index contributed by atoms with van der Waals surface area (Å²) in [5.41, 5.74) is 1.92. The highest BCUT2D eigenvalue weighted by Gasteiger charge is 2.28. The number of carbonyl (C=O) groups excluding carboxylic acids is 1. The Morgan fingerprint density at radius 3 is 2.72 bits per heavy atom. The Hall–Kier alpha value is -2.07. The van der Waals surface area contributed by atoms with Crippen LogP contribution in [-0.2, 0) is 6.54 Å². The first kappa shape index (κ1) is 17.7. The average Bonchev–Trinajstić information content (AvgIpc) is 2.93. The summed E-state index contributed by atoms with van der Waals surface area (Å²) < 4.78 is 2.03. The monoisotopic (exact) mass is 340 g/mol. The summed E-state index contributed by atoms with van der Waals surface area (Å²) in [6.07, 6.45) is 6.57. The minimum absolute atomic E-state index is 0.0912. The van der Waals surface area contributed by atoms with Crippen molar-refractivity contribution in [1.82, 2.24) is 9.47 Å². The molecule has 1 amide bonds. The van der Waals surface area contributed by atoms with Crippen molar-refractivity contribution in [3.05, 3.63) is 59.9 Å². The van der Waals surface area contributed by atoms with E-state index in [2.05, 4.69) is 12.1 Å². The van der Waals surface area contributed by atoms with Gasteiger partial charge >= 0.3 is 0 Å². The second-order valence-corrected chi connectivity index (χ2v) is 7.09. The maximum Gasteiger partial charge on any atom is 0.270 e. The number of aliphatic hydroxyl groups excluding tert-OH is 1. The van der Waals surface area contributed by atoms with Crippen LogP contribution in [0.3, 0.4) is 0 Å². The van der Waals surface area contributed by atoms with Crippen molar-refractivity contribution in [1.29, 1.82) is 0 Å². The van der Waals surface area contributed by atoms with E-state index in [-0.39, 0.29) is 18.1 Å². The van der Waals surface area contributed by atoms with Gasteiger partial charge in [0.2, 0.25) is 0 Å². The van der Waals surface area contributed by atoms with Crippen molar-refractivity contribution in [2.24, 2.45) is 0 Å². The lowest BCUT2D eigenvalue weighted by Gasteiger charge is -2.31. The molecule has 4 nitrogen and oxygen atoms in total. The summed E-state index contributed by atoms with van der Waals surface area (Å²) in [4.78, 5) is 15.2. The minimum Gasteiger partial charge on any atom is -0.393 e. The van der Waals surface area contributed by atoms with Crippen LogP contribution in [0, 0.1) is 0 Å². The molecule has 3 rings (SSSR count). The van der Waals surface area contributed by atoms with Crippen LogP contribution >= 0.6 is 0 Å². The standard InChI is InChI=1S/C21H28N2O2/c1-17(24)15-19-11-6-3-7-14-23(19)21(25)20-12-8-13-22(20)16-18-9-4-2-5-10-18/h2,4-5,8-10,12-13,17,19,24H,3,6-7,11,14-16H2,1H3. The SMILES string of the molecule is CC(O)CC1CCCCCN1C(=O)c1cccn1Cc1ccccc1. The van der Waals surface area contributed by atoms with Gasteiger partial charge in [0, 0.05) is 25.3 Å². The average molecular weight is 340 g/mol. The van der Waals surface area contributed by atoms with Gasteiger partial charge in [-0.05, 0) is 43.9 Å². The third-order valence-corrected chi connectivity index (χ3v) is 5.00. The summed E-state index contributed by atoms with van der Waals surface area (Å²) in [5.74, 6) is 0.0912. The highest BCUT2D eigenvalue weighted by atomic mass is 16.3. The molecule has 1 aliphatic rings. The molecule has 2 aromatic rings. The quantitative estimate of drug-likeness (QED) is 0.902. The molecular formula is C21H28N2O2. The number of hydrogen-bond acceptors (Lipinski definition) is 2. The first-order chi connectivity index (χ1) is 12.1. The first-order valence-electron chi connectivity index (χ1n) is 9.33. The predicted octanol–water partition coefficient (Wildman–Crippen LogP) is 3.69. The van der Waals surface area contributed by atoms with Gasteiger partial charge in [0.25, 0.3) is 5.91 Å². The predicted molar refractivity (Wildman–Crippen MR) is 99.6 cm³/mol. The summed E-state index contributed by atoms with van der Waals surface area (Å²) in [7, 11) is 0. The number of aromatic nitrogens is 1. The van der Waals surface area contributed by atoms with Gasteiger partial charge < -0.3 is 14.6 Å². The van der Waals surface area contributed by atoms with E-state index in [4.69, 9.17) is 0 Å². The van der Waals surface area contributed by atoms with Gasteiger partial charge in [-0.1, -0.05) is 43.2 Å². The summed E-state index contributed by atoms with van der Waals surface area (Å²) in [6, 6.07) is 14.2. The zero-order chi connectivity index (χ0) is 17.6. The highest BCUT2D eigenvalue weighted by Crippen LogP contribution is 2.23. The number of carbonyl (C=O) groups is 1. The molecule has 1 saturated heterocycles. The third kappa shape index (κ3) is 4.51. The van der Waals surface area contributed by atoms with Crippen molar-refractivity contribution in [2.75, 3.05) is 6.54 Å². The molecule has 0 spiro atoms. The number of hydrogen-bond donors (Lipinski definition) is 1. The number of aliphatic hydroxyl groups is 1. The van der Waals surface area contributed by atoms with Gasteiger partial charge in [-0.3, -0.25) is 4.79 Å². The highest BCUT2D eigenvalue weighted by molar-refractivity contribution is 5.93. The molecule has 1 fully saturated rings. The fourth-order valence-corrected chi connectivity index (χ4v) is 3.76. The van der Waals surface area contributed by atoms with Gasteiger partial charge in [0.15, 0.2) is 0 Å². The van der Waals surface area contributed by atoms with E-state index in [1.165, 1.54) is 5.56 Å². The van der Waals surface area contributed by atoms with Gasteiger partial charge in [-0.25, -0.2) is 0 Å². The minimum atomic E-state index is -0.380. The molecule has 2 unspecified atom stereocenters. The van der Waals surface area contributed by atoms with Gasteiger partial charge in [-0.2, -0.15) is 0 Å². The molecule has 1 aliphatic heterocycles. The maximum atomic E-state index is 13.2. The van der Waals surface area contributed by atoms with E-state index < -0.39 is 0 Å². The Labute approximate surface area is 150 Å². The summed E-state index contributed by atoms with van der Waals surface area (Å²) in [5, 5.41) is 9.83. The van der Waals surface area contributed by atoms with Crippen LogP contribution in [0.2, 0.25) is 0 Å². The van der Waals surface area contributed by atoms with Crippen LogP contribution in [0.15, 0.2) is 48.7 Å². The van der Waals surface area contributed by atoms with Gasteiger partial charge in [0.05, 0.1) is 6.10 Å². The number of rotatable bonds is 5. The molecule has 4 heteroatoms. The number of nitrogens with zero attached hydrogens (tertiary/aromatic N) is 2. The molecule has 0 saturated carbocycles. The molecule has 0 radical (unpaired) electrons. The molecule has 2 atom stereocenters. The van der Waals surface area contributed by atoms with E-state index in [1.807, 2.05) is 52.9 Å². The normalized spacial score (nSPS) is 19.4. The van der Waals surface area contributed by atoms with Crippen molar-refractivity contribution >= 4 is 5.91 Å². The Bertz CT molecular complexity index is 678. The Kier molecular flexibility index (Phi) is 5.92. The zero-order valence-electron chi connectivity index (χ0n) is 15.0. The lowest BCUT2D eigenvalue weighted by molar-refractivity contribution is 0.0597. The molecule has 2 heterocycles. The Morgan fingerprint density at radius 2 is 1.96 bits per heavy atom. The van der Waals surface area contributed by atoms with Crippen LogP contribution in [0.5, 0.6) is 0 Å². The molecule has 0 bridgehead atoms. The Balaban J connectivity index is 1.80. The van der Waals surface area contributed by atoms with E-state index in [1.54, 1.807) is 0 Å². The summed E-state index contributed by atoms with van der Waals surface area (Å²) >= 11 is 0. The smallest absolute Gasteiger partial charge is 0.270 e. The van der Waals surface area contributed by atoms with Crippen molar-refractivity contribution < 1.29 is 9.90 Å². The summed E-state index contributed by atoms with van der Waals surface area (Å²) in [6.45, 7) is 3.29. The van der Waals surface area contributed by atoms with Gasteiger partial charge in [-0.15, -0.1) is 0 Å². The lowest BCUT2D eigenvalue weighted by Crippen LogP contribution is -2.42. The van der Waals surface area contributed by atoms with Crippen molar-refractivity contribution in [2.45, 2.75) is 57.7 Å². The fraction of sp³-hybridized carbons (Fsp3) is 0.476. The third-order valence-electron chi connectivity index (χ3n) is 5.00. The van der Waals surface area contributed by atoms with Crippen LogP contribution in [0.4, 0.5) is 0 Å². The topological polar surface area (TPSA) is 45.5 Å². The van der Waals surface area contributed by atoms with E-state index in [0.717, 1.165) is 37.9 Å². The van der Waals surface area contributed by atoms with Crippen LogP contribution < -0.4 is 0 Å². The second-order valence-electron chi connectivity index (χ2n) is 7.09. The van der Waals surface area contributed by atoms with Crippen LogP contribution in [0.25, 0.3) is 0 Å². The van der Waals surface area contributed by atoms with E-state index >= 15 is 0 Å². The number of benzene rings is 1. The first-order valence-corrected chi connectivity index (χ1v) is 9.33. The molecule has 0 aliphatic carbocycles. The molecule has 25 heavy (non-hydrogen) atoms. The molecule has 134 valence electrons. The van der Waals surface area contributed by atoms with Crippen molar-refractivity contribution in [3.8, 4) is 0 Å². The molecular weight excluding hydrogens is 312 g/mol. The zero-order valence-corrected chi connectivity index (χ0v) is 15.0. The maximum absolute atomic E-state index is 13.2. The van der Waals surface area contributed by atoms with Crippen LogP contribution in [0.1, 0.15) is 55.1 Å². The lowest BCUT2D eigenvalue weighted by atomic mass is 10.0. The Morgan fingerprint density at radius 1 is 1.16 bits per heavy atom. The largest absolute Gasteiger partial charge is 0.393 e. The number of likely N-dealkylation sites (tertiary alicyclic amines) is 1. The van der Waals surface area contributed by atoms with Crippen molar-refractivity contribution in [3.63, 3.8) is 0 Å². The van der Waals surface area contributed by atoms with E-state index in [0.29, 0.717) is 13.0 Å². The molecule has 1 aromatic carbocycles. The molecule has 1 N–H and O–H groups in total. The second kappa shape index (κ2) is 8.34. The molecule has 1 aromatic heterocycles. The fourth-order valence-electron chi connectivity index (χ4n) is 3.76.